The minimum atomic E-state index is -5.11. The molecule has 0 bridgehead atoms. The van der Waals surface area contributed by atoms with Gasteiger partial charge in [-0.15, -0.1) is 5.10 Å². The van der Waals surface area contributed by atoms with E-state index in [1.54, 1.807) is 13.8 Å². The van der Waals surface area contributed by atoms with E-state index in [1.807, 2.05) is 0 Å². The van der Waals surface area contributed by atoms with Crippen molar-refractivity contribution in [3.63, 3.8) is 0 Å². The van der Waals surface area contributed by atoms with Crippen LogP contribution in [0.25, 0.3) is 16.9 Å². The molecule has 13 heteroatoms. The molecule has 0 aliphatic rings. The summed E-state index contributed by atoms with van der Waals surface area (Å²) in [6, 6.07) is 5.58. The van der Waals surface area contributed by atoms with Crippen molar-refractivity contribution in [1.82, 2.24) is 19.9 Å². The molecule has 2 atom stereocenters. The number of hydrogen-bond donors (Lipinski definition) is 3. The summed E-state index contributed by atoms with van der Waals surface area (Å²) in [5.74, 6) is -3.01. The highest BCUT2D eigenvalue weighted by atomic mass is 35.5. The number of hydrogen-bond acceptors (Lipinski definition) is 4. The van der Waals surface area contributed by atoms with Crippen LogP contribution < -0.4 is 10.9 Å². The number of carbonyl (C=O) groups excluding carboxylic acids is 1. The molecule has 1 amide bonds. The third-order valence-electron chi connectivity index (χ3n) is 5.86. The SMILES string of the molecule is CC(C)c1c(C(=O)N[C@@H](c2ccc(F)cc2)[C@@H](O)C(F)(F)F)cn2nc(-c3ccc(Cl)c(F)c3)[nH]c(=O)c12. The highest BCUT2D eigenvalue weighted by molar-refractivity contribution is 6.30. The van der Waals surface area contributed by atoms with E-state index in [4.69, 9.17) is 11.6 Å². The summed E-state index contributed by atoms with van der Waals surface area (Å²) in [6.07, 6.45) is -6.96. The van der Waals surface area contributed by atoms with Gasteiger partial charge in [-0.2, -0.15) is 13.2 Å². The number of nitrogens with one attached hydrogen (secondary N) is 2. The lowest BCUT2D eigenvalue weighted by Crippen LogP contribution is -2.44. The fourth-order valence-electron chi connectivity index (χ4n) is 4.07. The number of aliphatic hydroxyl groups excluding tert-OH is 1. The number of rotatable bonds is 6. The standard InChI is InChI=1S/C25H20ClF5N4O3/c1-11(2)18-15(23(37)32-19(21(36)25(29,30)31)12-3-6-14(27)7-4-12)10-35-20(18)24(38)33-22(34-35)13-5-8-16(26)17(28)9-13/h3-11,19,21,36H,1-2H3,(H,32,37)(H,33,34,38)/t19-,21+/m0/s1. The van der Waals surface area contributed by atoms with Crippen LogP contribution >= 0.6 is 11.6 Å². The maximum absolute atomic E-state index is 14.0. The number of H-pyrrole nitrogens is 1. The molecule has 0 spiro atoms. The lowest BCUT2D eigenvalue weighted by atomic mass is 9.97. The molecule has 0 fully saturated rings. The van der Waals surface area contributed by atoms with Crippen molar-refractivity contribution >= 4 is 23.0 Å². The monoisotopic (exact) mass is 554 g/mol. The van der Waals surface area contributed by atoms with Gasteiger partial charge in [0.05, 0.1) is 16.6 Å². The van der Waals surface area contributed by atoms with Gasteiger partial charge < -0.3 is 15.4 Å². The number of aromatic amines is 1. The molecule has 3 N–H and O–H groups in total. The summed E-state index contributed by atoms with van der Waals surface area (Å²) in [6.45, 7) is 3.33. The molecule has 0 unspecified atom stereocenters. The molecule has 2 aromatic heterocycles. The summed E-state index contributed by atoms with van der Waals surface area (Å²) in [5, 5.41) is 16.2. The Morgan fingerprint density at radius 2 is 1.79 bits per heavy atom. The Balaban J connectivity index is 1.81. The van der Waals surface area contributed by atoms with E-state index in [0.29, 0.717) is 0 Å². The van der Waals surface area contributed by atoms with Crippen molar-refractivity contribution < 1.29 is 31.9 Å². The summed E-state index contributed by atoms with van der Waals surface area (Å²) in [5.41, 5.74) is -0.719. The lowest BCUT2D eigenvalue weighted by molar-refractivity contribution is -0.212. The van der Waals surface area contributed by atoms with Gasteiger partial charge >= 0.3 is 6.18 Å². The van der Waals surface area contributed by atoms with Gasteiger partial charge in [0.15, 0.2) is 11.9 Å². The predicted octanol–water partition coefficient (Wildman–Crippen LogP) is 5.14. The van der Waals surface area contributed by atoms with Crippen LogP contribution in [0, 0.1) is 11.6 Å². The van der Waals surface area contributed by atoms with Crippen molar-refractivity contribution in [2.45, 2.75) is 38.1 Å². The minimum Gasteiger partial charge on any atom is -0.381 e. The van der Waals surface area contributed by atoms with Gasteiger partial charge in [0.25, 0.3) is 11.5 Å². The normalized spacial score (nSPS) is 13.6. The van der Waals surface area contributed by atoms with Crippen LogP contribution in [0.4, 0.5) is 22.0 Å². The Morgan fingerprint density at radius 3 is 2.37 bits per heavy atom. The number of amides is 1. The fourth-order valence-corrected chi connectivity index (χ4v) is 4.19. The van der Waals surface area contributed by atoms with E-state index < -0.39 is 47.3 Å². The zero-order valence-electron chi connectivity index (χ0n) is 19.8. The molecular weight excluding hydrogens is 535 g/mol. The summed E-state index contributed by atoms with van der Waals surface area (Å²) >= 11 is 5.71. The molecule has 2 aromatic carbocycles. The molecule has 4 rings (SSSR count). The Hall–Kier alpha value is -3.77. The first kappa shape index (κ1) is 27.3. The Kier molecular flexibility index (Phi) is 7.31. The number of halogens is 6. The van der Waals surface area contributed by atoms with Gasteiger partial charge in [0, 0.05) is 17.3 Å². The van der Waals surface area contributed by atoms with Crippen LogP contribution in [-0.4, -0.2) is 37.9 Å². The van der Waals surface area contributed by atoms with Crippen molar-refractivity contribution in [3.8, 4) is 11.4 Å². The molecule has 2 heterocycles. The number of alkyl halides is 3. The zero-order valence-corrected chi connectivity index (χ0v) is 20.5. The van der Waals surface area contributed by atoms with Gasteiger partial charge in [0.1, 0.15) is 17.2 Å². The van der Waals surface area contributed by atoms with Gasteiger partial charge in [0.2, 0.25) is 0 Å². The van der Waals surface area contributed by atoms with E-state index >= 15 is 0 Å². The maximum atomic E-state index is 14.0. The maximum Gasteiger partial charge on any atom is 0.416 e. The van der Waals surface area contributed by atoms with Crippen LogP contribution in [0.5, 0.6) is 0 Å². The third kappa shape index (κ3) is 5.27. The first-order valence-corrected chi connectivity index (χ1v) is 11.6. The number of nitrogens with zero attached hydrogens (tertiary/aromatic N) is 2. The second-order valence-electron chi connectivity index (χ2n) is 8.83. The van der Waals surface area contributed by atoms with E-state index in [-0.39, 0.29) is 38.6 Å². The Bertz CT molecular complexity index is 1560. The predicted molar refractivity (Wildman–Crippen MR) is 129 cm³/mol. The first-order valence-electron chi connectivity index (χ1n) is 11.2. The van der Waals surface area contributed by atoms with Crippen molar-refractivity contribution in [2.24, 2.45) is 0 Å². The molecule has 0 saturated heterocycles. The lowest BCUT2D eigenvalue weighted by Gasteiger charge is -2.26. The first-order chi connectivity index (χ1) is 17.8. The summed E-state index contributed by atoms with van der Waals surface area (Å²) in [7, 11) is 0. The highest BCUT2D eigenvalue weighted by Gasteiger charge is 2.45. The summed E-state index contributed by atoms with van der Waals surface area (Å²) in [4.78, 5) is 28.8. The van der Waals surface area contributed by atoms with Crippen LogP contribution in [0.2, 0.25) is 5.02 Å². The van der Waals surface area contributed by atoms with Gasteiger partial charge in [-0.1, -0.05) is 37.6 Å². The molecule has 4 aromatic rings. The minimum absolute atomic E-state index is 0.0435. The number of aromatic nitrogens is 3. The number of benzene rings is 2. The summed E-state index contributed by atoms with van der Waals surface area (Å²) < 4.78 is 68.7. The topological polar surface area (TPSA) is 99.5 Å². The van der Waals surface area contributed by atoms with E-state index in [0.717, 1.165) is 41.0 Å². The van der Waals surface area contributed by atoms with E-state index in [2.05, 4.69) is 15.4 Å². The van der Waals surface area contributed by atoms with Crippen molar-refractivity contribution in [1.29, 1.82) is 0 Å². The molecule has 0 aliphatic heterocycles. The Morgan fingerprint density at radius 1 is 1.13 bits per heavy atom. The number of carbonyl (C=O) groups is 1. The number of aliphatic hydroxyl groups is 1. The molecular formula is C25H20ClF5N4O3. The molecule has 0 radical (unpaired) electrons. The average molecular weight is 555 g/mol. The van der Waals surface area contributed by atoms with Crippen LogP contribution in [-0.2, 0) is 0 Å². The second-order valence-corrected chi connectivity index (χ2v) is 9.23. The molecule has 0 saturated carbocycles. The van der Waals surface area contributed by atoms with E-state index in [9.17, 15) is 36.6 Å². The molecule has 0 aliphatic carbocycles. The second kappa shape index (κ2) is 10.2. The smallest absolute Gasteiger partial charge is 0.381 e. The molecule has 7 nitrogen and oxygen atoms in total. The largest absolute Gasteiger partial charge is 0.416 e. The zero-order chi connectivity index (χ0) is 27.9. The molecule has 200 valence electrons. The number of fused-ring (bicyclic) bond motifs is 1. The molecule has 38 heavy (non-hydrogen) atoms. The van der Waals surface area contributed by atoms with Gasteiger partial charge in [-0.25, -0.2) is 13.3 Å². The van der Waals surface area contributed by atoms with Crippen molar-refractivity contribution in [3.05, 3.63) is 92.4 Å². The van der Waals surface area contributed by atoms with Crippen LogP contribution in [0.1, 0.15) is 47.3 Å². The quantitative estimate of drug-likeness (QED) is 0.287. The average Bonchev–Trinajstić information content (AvgIpc) is 3.24. The third-order valence-corrected chi connectivity index (χ3v) is 6.17. The van der Waals surface area contributed by atoms with Crippen LogP contribution in [0.3, 0.4) is 0 Å². The van der Waals surface area contributed by atoms with Gasteiger partial charge in [-0.3, -0.25) is 9.59 Å². The van der Waals surface area contributed by atoms with Gasteiger partial charge in [-0.05, 0) is 41.8 Å². The highest BCUT2D eigenvalue weighted by Crippen LogP contribution is 2.32. The van der Waals surface area contributed by atoms with E-state index in [1.165, 1.54) is 12.1 Å². The van der Waals surface area contributed by atoms with Crippen LogP contribution in [0.15, 0.2) is 53.5 Å². The fraction of sp³-hybridized carbons (Fsp3) is 0.240. The Labute approximate surface area is 216 Å². The van der Waals surface area contributed by atoms with Crippen molar-refractivity contribution in [2.75, 3.05) is 0 Å².